The Labute approximate surface area is 114 Å². The number of fused-ring (bicyclic) bond motifs is 1. The van der Waals surface area contributed by atoms with Gasteiger partial charge in [0.1, 0.15) is 6.04 Å². The molecule has 2 rings (SSSR count). The Morgan fingerprint density at radius 1 is 1.45 bits per heavy atom. The second-order valence-corrected chi connectivity index (χ2v) is 4.49. The van der Waals surface area contributed by atoms with Gasteiger partial charge in [-0.25, -0.2) is 19.5 Å². The molecule has 0 aromatic carbocycles. The van der Waals surface area contributed by atoms with Crippen LogP contribution in [0.1, 0.15) is 19.7 Å². The molecule has 0 radical (unpaired) electrons. The molecule has 0 saturated heterocycles. The third kappa shape index (κ3) is 2.26. The monoisotopic (exact) mass is 283 g/mol. The lowest BCUT2D eigenvalue weighted by Gasteiger charge is -2.35. The first-order chi connectivity index (χ1) is 9.49. The molecule has 20 heavy (non-hydrogen) atoms. The first-order valence-corrected chi connectivity index (χ1v) is 6.42. The normalized spacial score (nSPS) is 17.7. The number of carbonyl (C=O) groups is 2. The smallest absolute Gasteiger partial charge is 0.343 e. The van der Waals surface area contributed by atoms with Gasteiger partial charge in [-0.2, -0.15) is 5.10 Å². The first-order valence-electron chi connectivity index (χ1n) is 6.42. The van der Waals surface area contributed by atoms with E-state index < -0.39 is 17.7 Å². The zero-order chi connectivity index (χ0) is 14.9. The number of carboxylic acids is 1. The summed E-state index contributed by atoms with van der Waals surface area (Å²) in [5.74, 6) is -0.766. The van der Waals surface area contributed by atoms with E-state index >= 15 is 0 Å². The molecule has 0 fully saturated rings. The van der Waals surface area contributed by atoms with E-state index in [0.717, 1.165) is 0 Å². The molecule has 1 aliphatic heterocycles. The number of aromatic amines is 1. The quantitative estimate of drug-likeness (QED) is 0.762. The molecule has 9 nitrogen and oxygen atoms in total. The van der Waals surface area contributed by atoms with E-state index in [1.54, 1.807) is 0 Å². The standard InChI is InChI=1S/C11H17N5O4/c1-3-14(4-2)11(20)15-6-8-12-13-10(19)16(8)5-7(15)9(17)18/h7H,3-6H2,1-2H3,(H,13,19)(H,17,18). The number of rotatable bonds is 3. The van der Waals surface area contributed by atoms with Crippen molar-refractivity contribution in [2.45, 2.75) is 33.0 Å². The Bertz CT molecular complexity index is 574. The van der Waals surface area contributed by atoms with E-state index in [1.165, 1.54) is 14.4 Å². The average Bonchev–Trinajstić information content (AvgIpc) is 2.79. The Morgan fingerprint density at radius 3 is 2.65 bits per heavy atom. The highest BCUT2D eigenvalue weighted by molar-refractivity contribution is 5.82. The van der Waals surface area contributed by atoms with Crippen LogP contribution in [-0.4, -0.2) is 60.8 Å². The van der Waals surface area contributed by atoms with Crippen molar-refractivity contribution in [1.29, 1.82) is 0 Å². The van der Waals surface area contributed by atoms with Crippen molar-refractivity contribution in [1.82, 2.24) is 24.6 Å². The molecular formula is C11H17N5O4. The molecule has 110 valence electrons. The molecule has 0 aliphatic carbocycles. The highest BCUT2D eigenvalue weighted by atomic mass is 16.4. The number of hydrogen-bond donors (Lipinski definition) is 2. The minimum absolute atomic E-state index is 0.00500. The van der Waals surface area contributed by atoms with Crippen molar-refractivity contribution in [3.63, 3.8) is 0 Å². The molecule has 2 amide bonds. The molecule has 1 aromatic heterocycles. The van der Waals surface area contributed by atoms with Crippen molar-refractivity contribution in [2.75, 3.05) is 13.1 Å². The number of aromatic nitrogens is 3. The number of carbonyl (C=O) groups excluding carboxylic acids is 1. The second-order valence-electron chi connectivity index (χ2n) is 4.49. The van der Waals surface area contributed by atoms with Crippen molar-refractivity contribution in [3.05, 3.63) is 16.3 Å². The molecule has 9 heteroatoms. The van der Waals surface area contributed by atoms with Crippen LogP contribution in [-0.2, 0) is 17.9 Å². The van der Waals surface area contributed by atoms with Crippen LogP contribution in [0.25, 0.3) is 0 Å². The Kier molecular flexibility index (Phi) is 3.77. The molecule has 1 aliphatic rings. The van der Waals surface area contributed by atoms with Gasteiger partial charge in [-0.1, -0.05) is 0 Å². The van der Waals surface area contributed by atoms with Crippen molar-refractivity contribution in [3.8, 4) is 0 Å². The van der Waals surface area contributed by atoms with Gasteiger partial charge >= 0.3 is 17.7 Å². The topological polar surface area (TPSA) is 112 Å². The van der Waals surface area contributed by atoms with Crippen LogP contribution in [0, 0.1) is 0 Å². The number of nitrogens with zero attached hydrogens (tertiary/aromatic N) is 4. The molecule has 2 heterocycles. The fourth-order valence-electron chi connectivity index (χ4n) is 2.28. The predicted molar refractivity (Wildman–Crippen MR) is 68.1 cm³/mol. The maximum Gasteiger partial charge on any atom is 0.343 e. The number of H-pyrrole nitrogens is 1. The number of nitrogens with one attached hydrogen (secondary N) is 1. The van der Waals surface area contributed by atoms with Crippen molar-refractivity contribution < 1.29 is 14.7 Å². The first kappa shape index (κ1) is 14.1. The summed E-state index contributed by atoms with van der Waals surface area (Å²) in [7, 11) is 0. The summed E-state index contributed by atoms with van der Waals surface area (Å²) in [4.78, 5) is 38.0. The van der Waals surface area contributed by atoms with Gasteiger partial charge < -0.3 is 14.9 Å². The van der Waals surface area contributed by atoms with Gasteiger partial charge in [0, 0.05) is 13.1 Å². The van der Waals surface area contributed by atoms with Crippen LogP contribution in [0.15, 0.2) is 4.79 Å². The lowest BCUT2D eigenvalue weighted by Crippen LogP contribution is -2.55. The molecule has 0 saturated carbocycles. The summed E-state index contributed by atoms with van der Waals surface area (Å²) >= 11 is 0. The van der Waals surface area contributed by atoms with Crippen LogP contribution >= 0.6 is 0 Å². The van der Waals surface area contributed by atoms with E-state index in [-0.39, 0.29) is 19.1 Å². The van der Waals surface area contributed by atoms with E-state index in [4.69, 9.17) is 0 Å². The molecule has 0 spiro atoms. The van der Waals surface area contributed by atoms with E-state index in [2.05, 4.69) is 10.2 Å². The van der Waals surface area contributed by atoms with E-state index in [9.17, 15) is 19.5 Å². The summed E-state index contributed by atoms with van der Waals surface area (Å²) in [6.45, 7) is 4.55. The van der Waals surface area contributed by atoms with E-state index in [0.29, 0.717) is 18.9 Å². The zero-order valence-corrected chi connectivity index (χ0v) is 11.4. The summed E-state index contributed by atoms with van der Waals surface area (Å²) in [5.41, 5.74) is -0.457. The van der Waals surface area contributed by atoms with Gasteiger partial charge in [0.15, 0.2) is 5.82 Å². The third-order valence-corrected chi connectivity index (χ3v) is 3.45. The van der Waals surface area contributed by atoms with Crippen LogP contribution < -0.4 is 5.69 Å². The molecule has 1 unspecified atom stereocenters. The number of urea groups is 1. The predicted octanol–water partition coefficient (Wildman–Crippen LogP) is -0.698. The number of hydrogen-bond acceptors (Lipinski definition) is 4. The SMILES string of the molecule is CCN(CC)C(=O)N1Cc2n[nH]c(=O)n2CC1C(=O)O. The van der Waals surface area contributed by atoms with Gasteiger partial charge in [-0.3, -0.25) is 4.57 Å². The van der Waals surface area contributed by atoms with Gasteiger partial charge in [-0.05, 0) is 13.8 Å². The lowest BCUT2D eigenvalue weighted by atomic mass is 10.2. The van der Waals surface area contributed by atoms with Gasteiger partial charge in [-0.15, -0.1) is 0 Å². The number of amides is 2. The Morgan fingerprint density at radius 2 is 2.10 bits per heavy atom. The molecule has 1 atom stereocenters. The summed E-state index contributed by atoms with van der Waals surface area (Å²) in [5, 5.41) is 15.4. The van der Waals surface area contributed by atoms with Crippen molar-refractivity contribution >= 4 is 12.0 Å². The third-order valence-electron chi connectivity index (χ3n) is 3.45. The summed E-state index contributed by atoms with van der Waals surface area (Å²) in [6, 6.07) is -1.42. The van der Waals surface area contributed by atoms with Gasteiger partial charge in [0.05, 0.1) is 13.1 Å². The molecule has 2 N–H and O–H groups in total. The van der Waals surface area contributed by atoms with Gasteiger partial charge in [0.2, 0.25) is 0 Å². The molecule has 1 aromatic rings. The second kappa shape index (κ2) is 5.35. The maximum atomic E-state index is 12.4. The molecule has 0 bridgehead atoms. The summed E-state index contributed by atoms with van der Waals surface area (Å²) in [6.07, 6.45) is 0. The minimum Gasteiger partial charge on any atom is -0.480 e. The van der Waals surface area contributed by atoms with Crippen LogP contribution in [0.5, 0.6) is 0 Å². The highest BCUT2D eigenvalue weighted by Crippen LogP contribution is 2.16. The number of carboxylic acid groups (broad SMARTS) is 1. The minimum atomic E-state index is -1.13. The largest absolute Gasteiger partial charge is 0.480 e. The Balaban J connectivity index is 2.34. The van der Waals surface area contributed by atoms with E-state index in [1.807, 2.05) is 13.8 Å². The zero-order valence-electron chi connectivity index (χ0n) is 11.4. The van der Waals surface area contributed by atoms with Crippen LogP contribution in [0.2, 0.25) is 0 Å². The molecular weight excluding hydrogens is 266 g/mol. The summed E-state index contributed by atoms with van der Waals surface area (Å²) < 4.78 is 1.25. The maximum absolute atomic E-state index is 12.4. The van der Waals surface area contributed by atoms with Crippen molar-refractivity contribution in [2.24, 2.45) is 0 Å². The Hall–Kier alpha value is -2.32. The van der Waals surface area contributed by atoms with Crippen LogP contribution in [0.4, 0.5) is 4.79 Å². The van der Waals surface area contributed by atoms with Gasteiger partial charge in [0.25, 0.3) is 0 Å². The lowest BCUT2D eigenvalue weighted by molar-refractivity contribution is -0.143. The van der Waals surface area contributed by atoms with Crippen LogP contribution in [0.3, 0.4) is 0 Å². The average molecular weight is 283 g/mol. The fourth-order valence-corrected chi connectivity index (χ4v) is 2.28. The number of aliphatic carboxylic acids is 1. The highest BCUT2D eigenvalue weighted by Gasteiger charge is 2.37. The fraction of sp³-hybridized carbons (Fsp3) is 0.636.